The molecule has 1 fully saturated rings. The van der Waals surface area contributed by atoms with Crippen LogP contribution in [-0.4, -0.2) is 47.5 Å². The minimum atomic E-state index is 0.239. The summed E-state index contributed by atoms with van der Waals surface area (Å²) in [6.07, 6.45) is 4.16. The Hall–Kier alpha value is -0.480. The van der Waals surface area contributed by atoms with Crippen molar-refractivity contribution < 1.29 is 4.79 Å². The number of piperidine rings is 1. The minimum Gasteiger partial charge on any atom is -0.336 e. The lowest BCUT2D eigenvalue weighted by atomic mass is 10.2. The third-order valence-corrected chi connectivity index (χ3v) is 4.35. The number of rotatable bonds is 6. The second kappa shape index (κ2) is 7.77. The topological polar surface area (TPSA) is 32.3 Å². The van der Waals surface area contributed by atoms with Crippen molar-refractivity contribution in [2.45, 2.75) is 38.0 Å². The summed E-state index contributed by atoms with van der Waals surface area (Å²) < 4.78 is 0. The highest BCUT2D eigenvalue weighted by Gasteiger charge is 2.19. The SMILES string of the molecule is C=CCN(C(=O)CSC1CCNCC1)C(C)C. The molecule has 1 amide bonds. The molecule has 1 saturated heterocycles. The molecule has 1 aliphatic rings. The van der Waals surface area contributed by atoms with E-state index >= 15 is 0 Å². The molecule has 0 saturated carbocycles. The highest BCUT2D eigenvalue weighted by atomic mass is 32.2. The Morgan fingerprint density at radius 2 is 2.18 bits per heavy atom. The average Bonchev–Trinajstić information content (AvgIpc) is 2.34. The number of carbonyl (C=O) groups excluding carboxylic acids is 1. The van der Waals surface area contributed by atoms with Gasteiger partial charge in [0.2, 0.25) is 5.91 Å². The summed E-state index contributed by atoms with van der Waals surface area (Å²) in [5.41, 5.74) is 0. The first-order valence-corrected chi connectivity index (χ1v) is 7.42. The van der Waals surface area contributed by atoms with Crippen LogP contribution in [0.15, 0.2) is 12.7 Å². The van der Waals surface area contributed by atoms with Gasteiger partial charge in [0, 0.05) is 17.8 Å². The third kappa shape index (κ3) is 5.13. The Kier molecular flexibility index (Phi) is 6.66. The first kappa shape index (κ1) is 14.6. The zero-order chi connectivity index (χ0) is 12.7. The maximum Gasteiger partial charge on any atom is 0.233 e. The van der Waals surface area contributed by atoms with Gasteiger partial charge in [-0.3, -0.25) is 4.79 Å². The summed E-state index contributed by atoms with van der Waals surface area (Å²) in [6.45, 7) is 10.6. The van der Waals surface area contributed by atoms with Crippen molar-refractivity contribution in [2.24, 2.45) is 0 Å². The van der Waals surface area contributed by atoms with Gasteiger partial charge in [-0.05, 0) is 39.8 Å². The molecule has 4 heteroatoms. The van der Waals surface area contributed by atoms with Gasteiger partial charge in [0.25, 0.3) is 0 Å². The standard InChI is InChI=1S/C13H24N2OS/c1-4-9-15(11(2)3)13(16)10-17-12-5-7-14-8-6-12/h4,11-12,14H,1,5-10H2,2-3H3. The number of hydrogen-bond acceptors (Lipinski definition) is 3. The van der Waals surface area contributed by atoms with E-state index in [4.69, 9.17) is 0 Å². The fourth-order valence-electron chi connectivity index (χ4n) is 1.97. The van der Waals surface area contributed by atoms with E-state index in [0.29, 0.717) is 17.5 Å². The molecular formula is C13H24N2OS. The predicted molar refractivity (Wildman–Crippen MR) is 75.4 cm³/mol. The quantitative estimate of drug-likeness (QED) is 0.737. The van der Waals surface area contributed by atoms with Crippen molar-refractivity contribution in [1.29, 1.82) is 0 Å². The molecule has 1 heterocycles. The van der Waals surface area contributed by atoms with Crippen molar-refractivity contribution in [1.82, 2.24) is 10.2 Å². The van der Waals surface area contributed by atoms with Crippen LogP contribution in [0.25, 0.3) is 0 Å². The number of carbonyl (C=O) groups is 1. The molecule has 3 nitrogen and oxygen atoms in total. The summed E-state index contributed by atoms with van der Waals surface area (Å²) in [6, 6.07) is 0.258. The van der Waals surface area contributed by atoms with E-state index in [0.717, 1.165) is 13.1 Å². The third-order valence-electron chi connectivity index (χ3n) is 3.00. The predicted octanol–water partition coefficient (Wildman–Crippen LogP) is 1.89. The van der Waals surface area contributed by atoms with Crippen LogP contribution < -0.4 is 5.32 Å². The fourth-order valence-corrected chi connectivity index (χ4v) is 3.09. The Labute approximate surface area is 109 Å². The average molecular weight is 256 g/mol. The summed E-state index contributed by atoms with van der Waals surface area (Å²) in [5.74, 6) is 0.847. The van der Waals surface area contributed by atoms with Gasteiger partial charge >= 0.3 is 0 Å². The monoisotopic (exact) mass is 256 g/mol. The summed E-state index contributed by atoms with van der Waals surface area (Å²) in [5, 5.41) is 3.99. The highest BCUT2D eigenvalue weighted by Crippen LogP contribution is 2.20. The zero-order valence-electron chi connectivity index (χ0n) is 10.9. The van der Waals surface area contributed by atoms with E-state index in [1.54, 1.807) is 6.08 Å². The lowest BCUT2D eigenvalue weighted by Gasteiger charge is -2.27. The Morgan fingerprint density at radius 3 is 2.71 bits per heavy atom. The molecule has 0 aromatic carbocycles. The van der Waals surface area contributed by atoms with E-state index < -0.39 is 0 Å². The molecule has 0 aliphatic carbocycles. The van der Waals surface area contributed by atoms with E-state index in [-0.39, 0.29) is 11.9 Å². The maximum atomic E-state index is 12.1. The highest BCUT2D eigenvalue weighted by molar-refractivity contribution is 8.00. The second-order valence-corrected chi connectivity index (χ2v) is 5.98. The molecule has 0 spiro atoms. The van der Waals surface area contributed by atoms with Crippen molar-refractivity contribution >= 4 is 17.7 Å². The minimum absolute atomic E-state index is 0.239. The number of hydrogen-bond donors (Lipinski definition) is 1. The summed E-state index contributed by atoms with van der Waals surface area (Å²) >= 11 is 1.81. The zero-order valence-corrected chi connectivity index (χ0v) is 11.8. The number of nitrogens with one attached hydrogen (secondary N) is 1. The lowest BCUT2D eigenvalue weighted by Crippen LogP contribution is -2.39. The van der Waals surface area contributed by atoms with Crippen LogP contribution in [-0.2, 0) is 4.79 Å². The normalized spacial score (nSPS) is 17.1. The van der Waals surface area contributed by atoms with Crippen LogP contribution in [0.1, 0.15) is 26.7 Å². The van der Waals surface area contributed by atoms with E-state index in [1.165, 1.54) is 12.8 Å². The molecule has 0 atom stereocenters. The lowest BCUT2D eigenvalue weighted by molar-refractivity contribution is -0.129. The Balaban J connectivity index is 2.32. The second-order valence-electron chi connectivity index (χ2n) is 4.69. The van der Waals surface area contributed by atoms with Gasteiger partial charge < -0.3 is 10.2 Å². The molecule has 0 aromatic rings. The maximum absolute atomic E-state index is 12.1. The molecule has 1 rings (SSSR count). The first-order chi connectivity index (χ1) is 8.15. The Bertz CT molecular complexity index is 250. The molecule has 0 radical (unpaired) electrons. The Morgan fingerprint density at radius 1 is 1.53 bits per heavy atom. The number of thioether (sulfide) groups is 1. The van der Waals surface area contributed by atoms with Crippen LogP contribution in [0.4, 0.5) is 0 Å². The van der Waals surface area contributed by atoms with E-state index in [1.807, 2.05) is 16.7 Å². The molecule has 0 aromatic heterocycles. The van der Waals surface area contributed by atoms with Crippen LogP contribution >= 0.6 is 11.8 Å². The van der Waals surface area contributed by atoms with Crippen molar-refractivity contribution in [2.75, 3.05) is 25.4 Å². The molecule has 17 heavy (non-hydrogen) atoms. The molecule has 1 aliphatic heterocycles. The van der Waals surface area contributed by atoms with Crippen molar-refractivity contribution in [3.8, 4) is 0 Å². The van der Waals surface area contributed by atoms with E-state index in [9.17, 15) is 4.79 Å². The molecule has 0 bridgehead atoms. The fraction of sp³-hybridized carbons (Fsp3) is 0.769. The number of amides is 1. The van der Waals surface area contributed by atoms with Crippen molar-refractivity contribution in [3.63, 3.8) is 0 Å². The molecule has 0 unspecified atom stereocenters. The van der Waals surface area contributed by atoms with Gasteiger partial charge in [-0.1, -0.05) is 6.08 Å². The smallest absolute Gasteiger partial charge is 0.233 e. The summed E-state index contributed by atoms with van der Waals surface area (Å²) in [4.78, 5) is 13.9. The molecule has 98 valence electrons. The first-order valence-electron chi connectivity index (χ1n) is 6.37. The van der Waals surface area contributed by atoms with Gasteiger partial charge in [-0.2, -0.15) is 0 Å². The molecular weight excluding hydrogens is 232 g/mol. The van der Waals surface area contributed by atoms with Crippen LogP contribution in [0.2, 0.25) is 0 Å². The van der Waals surface area contributed by atoms with Gasteiger partial charge in [-0.25, -0.2) is 0 Å². The summed E-state index contributed by atoms with van der Waals surface area (Å²) in [7, 11) is 0. The van der Waals surface area contributed by atoms with Crippen LogP contribution in [0.3, 0.4) is 0 Å². The van der Waals surface area contributed by atoms with Gasteiger partial charge in [-0.15, -0.1) is 18.3 Å². The van der Waals surface area contributed by atoms with E-state index in [2.05, 4.69) is 25.7 Å². The largest absolute Gasteiger partial charge is 0.336 e. The molecule has 1 N–H and O–H groups in total. The van der Waals surface area contributed by atoms with Crippen LogP contribution in [0, 0.1) is 0 Å². The van der Waals surface area contributed by atoms with Gasteiger partial charge in [0.05, 0.1) is 5.75 Å². The van der Waals surface area contributed by atoms with Crippen molar-refractivity contribution in [3.05, 3.63) is 12.7 Å². The van der Waals surface area contributed by atoms with Gasteiger partial charge in [0.1, 0.15) is 0 Å². The van der Waals surface area contributed by atoms with Crippen LogP contribution in [0.5, 0.6) is 0 Å². The number of nitrogens with zero attached hydrogens (tertiary/aromatic N) is 1. The van der Waals surface area contributed by atoms with Gasteiger partial charge in [0.15, 0.2) is 0 Å².